The van der Waals surface area contributed by atoms with E-state index in [-0.39, 0.29) is 0 Å². The summed E-state index contributed by atoms with van der Waals surface area (Å²) in [7, 11) is 0. The summed E-state index contributed by atoms with van der Waals surface area (Å²) in [6.07, 6.45) is 0. The van der Waals surface area contributed by atoms with Gasteiger partial charge in [0.05, 0.1) is 14.4 Å². The van der Waals surface area contributed by atoms with Crippen LogP contribution in [0.4, 0.5) is 5.69 Å². The van der Waals surface area contributed by atoms with E-state index in [1.165, 1.54) is 11.3 Å². The summed E-state index contributed by atoms with van der Waals surface area (Å²) in [5.41, 5.74) is 7.72. The molecule has 0 aliphatic rings. The van der Waals surface area contributed by atoms with Gasteiger partial charge < -0.3 is 5.73 Å². The van der Waals surface area contributed by atoms with Crippen LogP contribution in [0, 0.1) is 11.3 Å². The van der Waals surface area contributed by atoms with Crippen molar-refractivity contribution in [1.82, 2.24) is 0 Å². The molecule has 94 valence electrons. The fraction of sp³-hybridized carbons (Fsp3) is 0. The van der Waals surface area contributed by atoms with Crippen LogP contribution < -0.4 is 5.73 Å². The molecule has 0 aliphatic heterocycles. The highest BCUT2D eigenvalue weighted by Crippen LogP contribution is 2.48. The van der Waals surface area contributed by atoms with E-state index < -0.39 is 0 Å². The van der Waals surface area contributed by atoms with Crippen molar-refractivity contribution in [1.29, 1.82) is 5.26 Å². The molecule has 0 saturated heterocycles. The zero-order chi connectivity index (χ0) is 13.4. The minimum atomic E-state index is 0.586. The normalized spacial score (nSPS) is 10.5. The molecule has 3 aromatic rings. The molecule has 19 heavy (non-hydrogen) atoms. The van der Waals surface area contributed by atoms with E-state index in [4.69, 9.17) is 5.73 Å². The number of hydrogen-bond donors (Lipinski definition) is 1. The van der Waals surface area contributed by atoms with Crippen molar-refractivity contribution >= 4 is 55.6 Å². The zero-order valence-electron chi connectivity index (χ0n) is 9.51. The summed E-state index contributed by atoms with van der Waals surface area (Å²) in [4.78, 5) is 3.90. The van der Waals surface area contributed by atoms with Crippen molar-refractivity contribution < 1.29 is 0 Å². The van der Waals surface area contributed by atoms with E-state index in [0.717, 1.165) is 24.0 Å². The maximum Gasteiger partial charge on any atom is 0.129 e. The molecule has 0 aliphatic carbocycles. The van der Waals surface area contributed by atoms with Crippen molar-refractivity contribution in [3.05, 3.63) is 38.3 Å². The number of anilines is 1. The van der Waals surface area contributed by atoms with Gasteiger partial charge >= 0.3 is 0 Å². The van der Waals surface area contributed by atoms with Crippen LogP contribution in [-0.2, 0) is 0 Å². The zero-order valence-corrected chi connectivity index (χ0v) is 13.5. The Kier molecular flexibility index (Phi) is 3.46. The molecule has 0 saturated carbocycles. The molecule has 3 aromatic heterocycles. The van der Waals surface area contributed by atoms with Crippen LogP contribution >= 0.6 is 49.9 Å². The van der Waals surface area contributed by atoms with Crippen LogP contribution in [-0.4, -0.2) is 0 Å². The number of nitrogens with two attached hydrogens (primary N) is 1. The Bertz CT molecular complexity index is 763. The van der Waals surface area contributed by atoms with Crippen molar-refractivity contribution in [2.24, 2.45) is 0 Å². The molecule has 0 aromatic carbocycles. The van der Waals surface area contributed by atoms with Crippen molar-refractivity contribution in [3.8, 4) is 26.3 Å². The number of hydrogen-bond acceptors (Lipinski definition) is 5. The molecule has 0 atom stereocenters. The highest BCUT2D eigenvalue weighted by atomic mass is 79.9. The molecule has 0 fully saturated rings. The molecule has 2 N–H and O–H groups in total. The number of nitriles is 1. The average molecular weight is 367 g/mol. The predicted octanol–water partition coefficient (Wildman–Crippen LogP) is 5.42. The summed E-state index contributed by atoms with van der Waals surface area (Å²) in [6.45, 7) is 0. The number of nitrogen functional groups attached to an aromatic ring is 1. The van der Waals surface area contributed by atoms with Gasteiger partial charge in [-0.25, -0.2) is 0 Å². The second-order valence-corrected chi connectivity index (χ2v) is 8.17. The lowest BCUT2D eigenvalue weighted by atomic mass is 10.1. The van der Waals surface area contributed by atoms with E-state index in [2.05, 4.69) is 28.1 Å². The molecular weight excluding hydrogens is 360 g/mol. The van der Waals surface area contributed by atoms with Gasteiger partial charge in [0.25, 0.3) is 0 Å². The minimum Gasteiger partial charge on any atom is -0.396 e. The van der Waals surface area contributed by atoms with Crippen LogP contribution in [0.15, 0.2) is 33.4 Å². The smallest absolute Gasteiger partial charge is 0.129 e. The molecular formula is C13H7BrN2S3. The van der Waals surface area contributed by atoms with Crippen LogP contribution in [0.1, 0.15) is 4.88 Å². The third-order valence-electron chi connectivity index (χ3n) is 2.61. The maximum absolute atomic E-state index is 9.18. The highest BCUT2D eigenvalue weighted by molar-refractivity contribution is 9.11. The first kappa shape index (κ1) is 12.9. The Labute approximate surface area is 130 Å². The summed E-state index contributed by atoms with van der Waals surface area (Å²) in [5.74, 6) is 0. The fourth-order valence-corrected chi connectivity index (χ4v) is 5.19. The molecule has 3 rings (SSSR count). The number of nitrogens with zero attached hydrogens (tertiary/aromatic N) is 1. The van der Waals surface area contributed by atoms with Crippen LogP contribution in [0.2, 0.25) is 0 Å². The Morgan fingerprint density at radius 3 is 2.58 bits per heavy atom. The van der Waals surface area contributed by atoms with E-state index in [1.807, 2.05) is 23.6 Å². The van der Waals surface area contributed by atoms with Gasteiger partial charge in [-0.05, 0) is 39.5 Å². The lowest BCUT2D eigenvalue weighted by Crippen LogP contribution is -1.87. The first-order valence-corrected chi connectivity index (χ1v) is 8.63. The van der Waals surface area contributed by atoms with Gasteiger partial charge in [-0.2, -0.15) is 5.26 Å². The topological polar surface area (TPSA) is 49.8 Å². The predicted molar refractivity (Wildman–Crippen MR) is 87.8 cm³/mol. The monoisotopic (exact) mass is 366 g/mol. The molecule has 2 nitrogen and oxygen atoms in total. The van der Waals surface area contributed by atoms with Gasteiger partial charge in [-0.15, -0.1) is 34.0 Å². The van der Waals surface area contributed by atoms with Crippen molar-refractivity contribution in [3.63, 3.8) is 0 Å². The SMILES string of the molecule is N#Cc1sc(-c2ccc(Br)s2)c(-c2cccs2)c1N. The Balaban J connectivity index is 2.27. The van der Waals surface area contributed by atoms with Crippen LogP contribution in [0.5, 0.6) is 0 Å². The quantitative estimate of drug-likeness (QED) is 0.657. The molecule has 6 heteroatoms. The molecule has 0 amide bonds. The summed E-state index contributed by atoms with van der Waals surface area (Å²) in [6, 6.07) is 10.3. The van der Waals surface area contributed by atoms with Crippen LogP contribution in [0.25, 0.3) is 20.2 Å². The second-order valence-electron chi connectivity index (χ2n) is 3.74. The molecule has 3 heterocycles. The van der Waals surface area contributed by atoms with Gasteiger partial charge in [0.2, 0.25) is 0 Å². The van der Waals surface area contributed by atoms with Crippen molar-refractivity contribution in [2.75, 3.05) is 5.73 Å². The van der Waals surface area contributed by atoms with Crippen LogP contribution in [0.3, 0.4) is 0 Å². The van der Waals surface area contributed by atoms with Crippen molar-refractivity contribution in [2.45, 2.75) is 0 Å². The Morgan fingerprint density at radius 1 is 1.16 bits per heavy atom. The number of rotatable bonds is 2. The van der Waals surface area contributed by atoms with E-state index in [9.17, 15) is 5.26 Å². The van der Waals surface area contributed by atoms with Gasteiger partial charge in [0.15, 0.2) is 0 Å². The largest absolute Gasteiger partial charge is 0.396 e. The van der Waals surface area contributed by atoms with Gasteiger partial charge in [0, 0.05) is 15.3 Å². The summed E-state index contributed by atoms with van der Waals surface area (Å²) < 4.78 is 1.07. The van der Waals surface area contributed by atoms with E-state index in [0.29, 0.717) is 10.6 Å². The third-order valence-corrected chi connectivity index (χ3v) is 6.41. The second kappa shape index (κ2) is 5.10. The highest BCUT2D eigenvalue weighted by Gasteiger charge is 2.20. The fourth-order valence-electron chi connectivity index (χ4n) is 1.80. The van der Waals surface area contributed by atoms with Gasteiger partial charge in [0.1, 0.15) is 10.9 Å². The summed E-state index contributed by atoms with van der Waals surface area (Å²) >= 11 is 8.23. The van der Waals surface area contributed by atoms with E-state index >= 15 is 0 Å². The first-order valence-electron chi connectivity index (χ1n) is 5.32. The standard InChI is InChI=1S/C13H7BrN2S3/c14-10-4-3-8(18-10)13-11(7-2-1-5-17-7)12(16)9(6-15)19-13/h1-5H,16H2. The minimum absolute atomic E-state index is 0.586. The average Bonchev–Trinajstić information content (AvgIpc) is 3.08. The Morgan fingerprint density at radius 2 is 2.00 bits per heavy atom. The lowest BCUT2D eigenvalue weighted by Gasteiger charge is -2.00. The summed E-state index contributed by atoms with van der Waals surface area (Å²) in [5, 5.41) is 11.2. The van der Waals surface area contributed by atoms with Gasteiger partial charge in [-0.1, -0.05) is 6.07 Å². The number of halogens is 1. The third kappa shape index (κ3) is 2.23. The molecule has 0 bridgehead atoms. The maximum atomic E-state index is 9.18. The molecule has 0 unspecified atom stereocenters. The number of thiophene rings is 3. The Hall–Kier alpha value is -1.13. The first-order chi connectivity index (χ1) is 9.20. The van der Waals surface area contributed by atoms with E-state index in [1.54, 1.807) is 22.7 Å². The van der Waals surface area contributed by atoms with Gasteiger partial charge in [-0.3, -0.25) is 0 Å². The lowest BCUT2D eigenvalue weighted by molar-refractivity contribution is 1.52. The molecule has 0 spiro atoms. The molecule has 0 radical (unpaired) electrons.